The SMILES string of the molecule is O=C(CSc1ncnc2c1cnn2-c1ccccc1)N(C1CCCC1)[C@@H]1CCS(=O)(=O)C1. The molecule has 2 aliphatic rings. The zero-order valence-corrected chi connectivity index (χ0v) is 19.3. The Balaban J connectivity index is 1.36. The second kappa shape index (κ2) is 8.82. The highest BCUT2D eigenvalue weighted by atomic mass is 32.2. The summed E-state index contributed by atoms with van der Waals surface area (Å²) >= 11 is 1.37. The molecule has 2 fully saturated rings. The lowest BCUT2D eigenvalue weighted by Gasteiger charge is -2.34. The number of amides is 1. The van der Waals surface area contributed by atoms with Crippen molar-refractivity contribution in [3.8, 4) is 5.69 Å². The van der Waals surface area contributed by atoms with E-state index in [9.17, 15) is 13.2 Å². The van der Waals surface area contributed by atoms with Crippen LogP contribution in [0.5, 0.6) is 0 Å². The van der Waals surface area contributed by atoms with Crippen LogP contribution in [-0.4, -0.2) is 68.3 Å². The van der Waals surface area contributed by atoms with Crippen LogP contribution in [0.25, 0.3) is 16.7 Å². The monoisotopic (exact) mass is 471 g/mol. The highest BCUT2D eigenvalue weighted by Crippen LogP contribution is 2.31. The van der Waals surface area contributed by atoms with Gasteiger partial charge in [-0.3, -0.25) is 4.79 Å². The Hall–Kier alpha value is -2.46. The zero-order chi connectivity index (χ0) is 22.1. The van der Waals surface area contributed by atoms with Crippen LogP contribution in [0.15, 0.2) is 47.9 Å². The van der Waals surface area contributed by atoms with Gasteiger partial charge in [0.15, 0.2) is 15.5 Å². The number of fused-ring (bicyclic) bond motifs is 1. The molecule has 0 bridgehead atoms. The Bertz CT molecular complexity index is 1220. The van der Waals surface area contributed by atoms with Crippen LogP contribution in [0.1, 0.15) is 32.1 Å². The van der Waals surface area contributed by atoms with Crippen molar-refractivity contribution in [1.29, 1.82) is 0 Å². The standard InChI is InChI=1S/C22H25N5O3S2/c28-20(26(16-6-4-5-7-16)18-10-11-32(29,30)14-18)13-31-22-19-12-25-27(21(19)23-15-24-22)17-8-2-1-3-9-17/h1-3,8-9,12,15-16,18H,4-7,10-11,13-14H2/t18-/m1/s1. The van der Waals surface area contributed by atoms with Crippen molar-refractivity contribution in [2.75, 3.05) is 17.3 Å². The highest BCUT2D eigenvalue weighted by molar-refractivity contribution is 8.00. The number of nitrogens with zero attached hydrogens (tertiary/aromatic N) is 5. The molecule has 5 rings (SSSR count). The molecule has 10 heteroatoms. The highest BCUT2D eigenvalue weighted by Gasteiger charge is 2.38. The Morgan fingerprint density at radius 2 is 1.88 bits per heavy atom. The minimum absolute atomic E-state index is 0.00814. The molecule has 3 heterocycles. The van der Waals surface area contributed by atoms with Crippen LogP contribution in [0.4, 0.5) is 0 Å². The van der Waals surface area contributed by atoms with Gasteiger partial charge in [0.25, 0.3) is 0 Å². The van der Waals surface area contributed by atoms with E-state index in [1.54, 1.807) is 10.9 Å². The van der Waals surface area contributed by atoms with Crippen molar-refractivity contribution < 1.29 is 13.2 Å². The summed E-state index contributed by atoms with van der Waals surface area (Å²) in [5, 5.41) is 5.97. The minimum Gasteiger partial charge on any atom is -0.335 e. The van der Waals surface area contributed by atoms with Gasteiger partial charge in [0.2, 0.25) is 5.91 Å². The Kier molecular flexibility index (Phi) is 5.90. The van der Waals surface area contributed by atoms with E-state index in [-0.39, 0.29) is 35.2 Å². The van der Waals surface area contributed by atoms with E-state index in [4.69, 9.17) is 0 Å². The normalized spacial score (nSPS) is 20.7. The summed E-state index contributed by atoms with van der Waals surface area (Å²) in [6.45, 7) is 0. The van der Waals surface area contributed by atoms with E-state index in [1.165, 1.54) is 18.1 Å². The van der Waals surface area contributed by atoms with Crippen molar-refractivity contribution in [3.05, 3.63) is 42.9 Å². The largest absolute Gasteiger partial charge is 0.335 e. The first-order valence-corrected chi connectivity index (χ1v) is 13.7. The fourth-order valence-electron chi connectivity index (χ4n) is 4.78. The average molecular weight is 472 g/mol. The molecule has 1 atom stereocenters. The predicted octanol–water partition coefficient (Wildman–Crippen LogP) is 2.87. The molecule has 1 aliphatic heterocycles. The topological polar surface area (TPSA) is 98.1 Å². The van der Waals surface area contributed by atoms with E-state index in [1.807, 2.05) is 35.2 Å². The van der Waals surface area contributed by atoms with Crippen molar-refractivity contribution >= 4 is 38.5 Å². The van der Waals surface area contributed by atoms with Crippen LogP contribution in [0.2, 0.25) is 0 Å². The van der Waals surface area contributed by atoms with Gasteiger partial charge in [0, 0.05) is 12.1 Å². The van der Waals surface area contributed by atoms with Crippen molar-refractivity contribution in [2.24, 2.45) is 0 Å². The third kappa shape index (κ3) is 4.25. The number of rotatable bonds is 6. The summed E-state index contributed by atoms with van der Waals surface area (Å²) in [4.78, 5) is 24.0. The molecule has 0 radical (unpaired) electrons. The van der Waals surface area contributed by atoms with Gasteiger partial charge in [-0.05, 0) is 31.4 Å². The molecule has 1 saturated carbocycles. The lowest BCUT2D eigenvalue weighted by Crippen LogP contribution is -2.47. The Morgan fingerprint density at radius 3 is 2.59 bits per heavy atom. The van der Waals surface area contributed by atoms with Gasteiger partial charge in [-0.15, -0.1) is 0 Å². The number of sulfone groups is 1. The molecule has 32 heavy (non-hydrogen) atoms. The quantitative estimate of drug-likeness (QED) is 0.403. The number of hydrogen-bond donors (Lipinski definition) is 0. The maximum atomic E-state index is 13.3. The van der Waals surface area contributed by atoms with Gasteiger partial charge in [0.05, 0.1) is 34.5 Å². The van der Waals surface area contributed by atoms with Crippen LogP contribution in [0, 0.1) is 0 Å². The third-order valence-corrected chi connectivity index (χ3v) is 9.01. The first-order valence-electron chi connectivity index (χ1n) is 10.9. The number of para-hydroxylation sites is 1. The molecule has 1 saturated heterocycles. The molecule has 1 aromatic carbocycles. The number of thioether (sulfide) groups is 1. The van der Waals surface area contributed by atoms with Gasteiger partial charge in [-0.25, -0.2) is 23.1 Å². The van der Waals surface area contributed by atoms with E-state index in [2.05, 4.69) is 15.1 Å². The first-order chi connectivity index (χ1) is 15.5. The molecule has 8 nitrogen and oxygen atoms in total. The van der Waals surface area contributed by atoms with Crippen LogP contribution < -0.4 is 0 Å². The number of aromatic nitrogens is 4. The van der Waals surface area contributed by atoms with Crippen LogP contribution >= 0.6 is 11.8 Å². The van der Waals surface area contributed by atoms with Crippen LogP contribution in [0.3, 0.4) is 0 Å². The molecule has 0 spiro atoms. The van der Waals surface area contributed by atoms with E-state index in [0.717, 1.165) is 36.8 Å². The maximum absolute atomic E-state index is 13.3. The van der Waals surface area contributed by atoms with Gasteiger partial charge in [-0.1, -0.05) is 42.8 Å². The molecule has 1 aliphatic carbocycles. The Labute approximate surface area is 191 Å². The third-order valence-electron chi connectivity index (χ3n) is 6.27. The Morgan fingerprint density at radius 1 is 1.09 bits per heavy atom. The fourth-order valence-corrected chi connectivity index (χ4v) is 7.32. The number of hydrogen-bond acceptors (Lipinski definition) is 7. The maximum Gasteiger partial charge on any atom is 0.233 e. The fraction of sp³-hybridized carbons (Fsp3) is 0.455. The van der Waals surface area contributed by atoms with Crippen molar-refractivity contribution in [3.63, 3.8) is 0 Å². The summed E-state index contributed by atoms with van der Waals surface area (Å²) in [7, 11) is -3.06. The van der Waals surface area contributed by atoms with E-state index in [0.29, 0.717) is 17.1 Å². The average Bonchev–Trinajstić information content (AvgIpc) is 3.53. The molecule has 0 N–H and O–H groups in total. The summed E-state index contributed by atoms with van der Waals surface area (Å²) < 4.78 is 25.9. The molecular weight excluding hydrogens is 446 g/mol. The van der Waals surface area contributed by atoms with Gasteiger partial charge in [-0.2, -0.15) is 5.10 Å². The number of benzene rings is 1. The molecule has 2 aromatic heterocycles. The van der Waals surface area contributed by atoms with E-state index >= 15 is 0 Å². The number of carbonyl (C=O) groups excluding carboxylic acids is 1. The molecule has 3 aromatic rings. The smallest absolute Gasteiger partial charge is 0.233 e. The lowest BCUT2D eigenvalue weighted by molar-refractivity contribution is -0.132. The summed E-state index contributed by atoms with van der Waals surface area (Å²) in [5.74, 6) is 0.468. The van der Waals surface area contributed by atoms with E-state index < -0.39 is 9.84 Å². The molecule has 0 unspecified atom stereocenters. The van der Waals surface area contributed by atoms with Gasteiger partial charge >= 0.3 is 0 Å². The van der Waals surface area contributed by atoms with Crippen LogP contribution in [-0.2, 0) is 14.6 Å². The predicted molar refractivity (Wildman–Crippen MR) is 124 cm³/mol. The van der Waals surface area contributed by atoms with Crippen molar-refractivity contribution in [1.82, 2.24) is 24.6 Å². The molecule has 168 valence electrons. The summed E-state index contributed by atoms with van der Waals surface area (Å²) in [5.41, 5.74) is 1.60. The second-order valence-electron chi connectivity index (χ2n) is 8.39. The zero-order valence-electron chi connectivity index (χ0n) is 17.6. The minimum atomic E-state index is -3.06. The molecule has 1 amide bonds. The van der Waals surface area contributed by atoms with Crippen molar-refractivity contribution in [2.45, 2.75) is 49.2 Å². The molecular formula is C22H25N5O3S2. The number of carbonyl (C=O) groups is 1. The van der Waals surface area contributed by atoms with Gasteiger partial charge < -0.3 is 4.90 Å². The second-order valence-corrected chi connectivity index (χ2v) is 11.6. The summed E-state index contributed by atoms with van der Waals surface area (Å²) in [6.07, 6.45) is 7.85. The summed E-state index contributed by atoms with van der Waals surface area (Å²) in [6, 6.07) is 9.69. The first kappa shape index (κ1) is 21.4. The lowest BCUT2D eigenvalue weighted by atomic mass is 10.1. The van der Waals surface area contributed by atoms with Gasteiger partial charge in [0.1, 0.15) is 11.4 Å².